The standard InChI is InChI=1S/C14H25N3O2/c1-4-7-15-13-11-14(17-12(6-3)16-13)19-10-9-18-8-5-2/h11H,4-10H2,1-3H3,(H,15,16,17). The van der Waals surface area contributed by atoms with E-state index in [9.17, 15) is 0 Å². The van der Waals surface area contributed by atoms with Crippen LogP contribution in [0.25, 0.3) is 0 Å². The molecule has 0 fully saturated rings. The second kappa shape index (κ2) is 9.55. The third-order valence-electron chi connectivity index (χ3n) is 2.45. The van der Waals surface area contributed by atoms with Crippen molar-refractivity contribution in [3.8, 4) is 5.88 Å². The van der Waals surface area contributed by atoms with Gasteiger partial charge in [0.1, 0.15) is 18.2 Å². The molecule has 0 saturated heterocycles. The summed E-state index contributed by atoms with van der Waals surface area (Å²) in [6.07, 6.45) is 2.88. The number of rotatable bonds is 10. The predicted octanol–water partition coefficient (Wildman–Crippen LogP) is 2.67. The Labute approximate surface area is 115 Å². The first-order valence-electron chi connectivity index (χ1n) is 7.12. The smallest absolute Gasteiger partial charge is 0.218 e. The topological polar surface area (TPSA) is 56.3 Å². The fourth-order valence-corrected chi connectivity index (χ4v) is 1.50. The molecule has 1 aromatic heterocycles. The fraction of sp³-hybridized carbons (Fsp3) is 0.714. The summed E-state index contributed by atoms with van der Waals surface area (Å²) >= 11 is 0. The molecular formula is C14H25N3O2. The molecule has 5 nitrogen and oxygen atoms in total. The molecule has 1 N–H and O–H groups in total. The van der Waals surface area contributed by atoms with Gasteiger partial charge in [-0.15, -0.1) is 0 Å². The van der Waals surface area contributed by atoms with Gasteiger partial charge in [-0.25, -0.2) is 4.98 Å². The lowest BCUT2D eigenvalue weighted by Gasteiger charge is -2.10. The number of nitrogens with zero attached hydrogens (tertiary/aromatic N) is 2. The van der Waals surface area contributed by atoms with E-state index in [-0.39, 0.29) is 0 Å². The van der Waals surface area contributed by atoms with Crippen molar-refractivity contribution in [2.45, 2.75) is 40.0 Å². The SMILES string of the molecule is CCCNc1cc(OCCOCCC)nc(CC)n1. The van der Waals surface area contributed by atoms with Gasteiger partial charge < -0.3 is 14.8 Å². The minimum atomic E-state index is 0.521. The third-order valence-corrected chi connectivity index (χ3v) is 2.45. The average molecular weight is 267 g/mol. The van der Waals surface area contributed by atoms with Crippen molar-refractivity contribution in [2.24, 2.45) is 0 Å². The van der Waals surface area contributed by atoms with Gasteiger partial charge in [-0.1, -0.05) is 20.8 Å². The van der Waals surface area contributed by atoms with E-state index < -0.39 is 0 Å². The van der Waals surface area contributed by atoms with Crippen LogP contribution in [0.2, 0.25) is 0 Å². The lowest BCUT2D eigenvalue weighted by molar-refractivity contribution is 0.0989. The zero-order chi connectivity index (χ0) is 13.9. The van der Waals surface area contributed by atoms with Gasteiger partial charge >= 0.3 is 0 Å². The molecule has 0 unspecified atom stereocenters. The Balaban J connectivity index is 2.50. The zero-order valence-corrected chi connectivity index (χ0v) is 12.2. The van der Waals surface area contributed by atoms with Crippen LogP contribution in [-0.4, -0.2) is 36.3 Å². The van der Waals surface area contributed by atoms with Crippen molar-refractivity contribution in [3.63, 3.8) is 0 Å². The van der Waals surface area contributed by atoms with Crippen LogP contribution in [0, 0.1) is 0 Å². The molecule has 0 aliphatic heterocycles. The number of aryl methyl sites for hydroxylation is 1. The molecule has 0 aliphatic carbocycles. The lowest BCUT2D eigenvalue weighted by atomic mass is 10.4. The Bertz CT molecular complexity index is 359. The summed E-state index contributed by atoms with van der Waals surface area (Å²) < 4.78 is 11.0. The van der Waals surface area contributed by atoms with Gasteiger partial charge in [0.25, 0.3) is 0 Å². The molecule has 0 saturated carbocycles. The van der Waals surface area contributed by atoms with E-state index in [0.717, 1.165) is 44.1 Å². The number of nitrogens with one attached hydrogen (secondary N) is 1. The van der Waals surface area contributed by atoms with Gasteiger partial charge in [0.05, 0.1) is 6.61 Å². The second-order valence-electron chi connectivity index (χ2n) is 4.25. The van der Waals surface area contributed by atoms with Gasteiger partial charge in [0.15, 0.2) is 0 Å². The number of anilines is 1. The molecule has 1 rings (SSSR count). The molecule has 108 valence electrons. The molecule has 0 radical (unpaired) electrons. The van der Waals surface area contributed by atoms with Crippen LogP contribution in [0.1, 0.15) is 39.4 Å². The Morgan fingerprint density at radius 1 is 1.05 bits per heavy atom. The lowest BCUT2D eigenvalue weighted by Crippen LogP contribution is -2.10. The summed E-state index contributed by atoms with van der Waals surface area (Å²) in [6.45, 7) is 9.04. The normalized spacial score (nSPS) is 10.5. The Kier molecular flexibility index (Phi) is 7.89. The number of hydrogen-bond donors (Lipinski definition) is 1. The molecule has 0 bridgehead atoms. The van der Waals surface area contributed by atoms with Crippen LogP contribution in [0.3, 0.4) is 0 Å². The van der Waals surface area contributed by atoms with Crippen LogP contribution >= 0.6 is 0 Å². The van der Waals surface area contributed by atoms with Crippen molar-refractivity contribution in [2.75, 3.05) is 31.7 Å². The minimum absolute atomic E-state index is 0.521. The first-order chi connectivity index (χ1) is 9.30. The highest BCUT2D eigenvalue weighted by atomic mass is 16.5. The zero-order valence-electron chi connectivity index (χ0n) is 12.2. The van der Waals surface area contributed by atoms with Crippen molar-refractivity contribution >= 4 is 5.82 Å². The van der Waals surface area contributed by atoms with Gasteiger partial charge in [0, 0.05) is 25.6 Å². The van der Waals surface area contributed by atoms with Crippen LogP contribution < -0.4 is 10.1 Å². The summed E-state index contributed by atoms with van der Waals surface area (Å²) in [4.78, 5) is 8.76. The highest BCUT2D eigenvalue weighted by Crippen LogP contribution is 2.14. The maximum absolute atomic E-state index is 5.60. The fourth-order valence-electron chi connectivity index (χ4n) is 1.50. The average Bonchev–Trinajstić information content (AvgIpc) is 2.44. The molecule has 1 heterocycles. The van der Waals surface area contributed by atoms with Crippen LogP contribution in [0.5, 0.6) is 5.88 Å². The molecule has 0 aromatic carbocycles. The van der Waals surface area contributed by atoms with E-state index in [0.29, 0.717) is 19.1 Å². The Morgan fingerprint density at radius 3 is 2.58 bits per heavy atom. The quantitative estimate of drug-likeness (QED) is 0.660. The highest BCUT2D eigenvalue weighted by Gasteiger charge is 2.04. The largest absolute Gasteiger partial charge is 0.475 e. The Morgan fingerprint density at radius 2 is 1.89 bits per heavy atom. The molecular weight excluding hydrogens is 242 g/mol. The van der Waals surface area contributed by atoms with E-state index >= 15 is 0 Å². The number of aromatic nitrogens is 2. The van der Waals surface area contributed by atoms with Crippen LogP contribution in [-0.2, 0) is 11.2 Å². The van der Waals surface area contributed by atoms with E-state index in [1.807, 2.05) is 13.0 Å². The summed E-state index contributed by atoms with van der Waals surface area (Å²) in [7, 11) is 0. The second-order valence-corrected chi connectivity index (χ2v) is 4.25. The maximum atomic E-state index is 5.60. The minimum Gasteiger partial charge on any atom is -0.475 e. The first kappa shape index (κ1) is 15.7. The van der Waals surface area contributed by atoms with E-state index in [4.69, 9.17) is 9.47 Å². The highest BCUT2D eigenvalue weighted by molar-refractivity contribution is 5.38. The van der Waals surface area contributed by atoms with Crippen molar-refractivity contribution in [3.05, 3.63) is 11.9 Å². The predicted molar refractivity (Wildman–Crippen MR) is 76.8 cm³/mol. The molecule has 0 amide bonds. The van der Waals surface area contributed by atoms with Gasteiger partial charge in [0.2, 0.25) is 5.88 Å². The van der Waals surface area contributed by atoms with Crippen molar-refractivity contribution < 1.29 is 9.47 Å². The summed E-state index contributed by atoms with van der Waals surface area (Å²) in [6, 6.07) is 1.84. The first-order valence-corrected chi connectivity index (χ1v) is 7.12. The monoisotopic (exact) mass is 267 g/mol. The molecule has 0 spiro atoms. The van der Waals surface area contributed by atoms with E-state index in [1.54, 1.807) is 0 Å². The molecule has 0 atom stereocenters. The molecule has 5 heteroatoms. The summed E-state index contributed by atoms with van der Waals surface area (Å²) in [5, 5.41) is 3.26. The van der Waals surface area contributed by atoms with E-state index in [1.165, 1.54) is 0 Å². The molecule has 1 aromatic rings. The van der Waals surface area contributed by atoms with Gasteiger partial charge in [-0.3, -0.25) is 0 Å². The van der Waals surface area contributed by atoms with Crippen LogP contribution in [0.15, 0.2) is 6.07 Å². The molecule has 0 aliphatic rings. The van der Waals surface area contributed by atoms with E-state index in [2.05, 4.69) is 29.1 Å². The van der Waals surface area contributed by atoms with Gasteiger partial charge in [-0.2, -0.15) is 4.98 Å². The molecule has 19 heavy (non-hydrogen) atoms. The number of ether oxygens (including phenoxy) is 2. The summed E-state index contributed by atoms with van der Waals surface area (Å²) in [5.41, 5.74) is 0. The Hall–Kier alpha value is -1.36. The third kappa shape index (κ3) is 6.38. The van der Waals surface area contributed by atoms with Gasteiger partial charge in [-0.05, 0) is 12.8 Å². The number of hydrogen-bond acceptors (Lipinski definition) is 5. The van der Waals surface area contributed by atoms with Crippen LogP contribution in [0.4, 0.5) is 5.82 Å². The van der Waals surface area contributed by atoms with Crippen molar-refractivity contribution in [1.82, 2.24) is 9.97 Å². The van der Waals surface area contributed by atoms with Crippen molar-refractivity contribution in [1.29, 1.82) is 0 Å². The summed E-state index contributed by atoms with van der Waals surface area (Å²) in [5.74, 6) is 2.24. The maximum Gasteiger partial charge on any atom is 0.218 e.